The summed E-state index contributed by atoms with van der Waals surface area (Å²) in [5, 5.41) is 2.41. The number of alkyl halides is 34. The highest BCUT2D eigenvalue weighted by atomic mass is 19.4. The Hall–Kier alpha value is -8.02. The lowest BCUT2D eigenvalue weighted by Gasteiger charge is -2.43. The topological polar surface area (TPSA) is 129 Å². The highest BCUT2D eigenvalue weighted by molar-refractivity contribution is 6.09. The molecule has 2 amide bonds. The smallest absolute Gasteiger partial charge is 0.425 e. The van der Waals surface area contributed by atoms with Crippen molar-refractivity contribution in [3.05, 3.63) is 117 Å². The molecule has 0 saturated carbocycles. The first-order chi connectivity index (χ1) is 48.6. The van der Waals surface area contributed by atoms with Gasteiger partial charge < -0.3 is 29.6 Å². The maximum atomic E-state index is 16.1. The molecule has 2 aliphatic heterocycles. The van der Waals surface area contributed by atoms with Crippen LogP contribution in [0.2, 0.25) is 0 Å². The summed E-state index contributed by atoms with van der Waals surface area (Å²) in [4.78, 5) is 58.5. The molecule has 618 valence electrons. The standard InChI is InChI=1S/C66H58F34N2O8/c1-45(2,3)31-25-35(47(7,8)9)39-37(27-31)51(41(103)109-39,29-13-17-33(18-14-29)107-43(105)101-23-21-49(67,68)53(71,72)55(75,76)57(79,80)59(83,84)61(87,88)63(91,92)65(95,96)97)52(38-28-32(46(4,5)6)26-36(48(10,11)12)40(38)110-42(52)104)30-15-19-34(20-16-30)108-44(106)102-24-22-50(69,70)54(73,74)56(77,78)58(81,82)60(85,86)62(89,90)64(93,94)66(98,99)100/h13-20,25-28H,21-24H2,1-12H3,(H,101,105)(H,102,106). The zero-order valence-electron chi connectivity index (χ0n) is 57.9. The van der Waals surface area contributed by atoms with E-state index in [2.05, 4.69) is 0 Å². The molecule has 2 N–H and O–H groups in total. The third-order valence-electron chi connectivity index (χ3n) is 17.9. The molecule has 2 heterocycles. The summed E-state index contributed by atoms with van der Waals surface area (Å²) in [6.07, 6.45) is -26.6. The van der Waals surface area contributed by atoms with E-state index in [4.69, 9.17) is 18.9 Å². The molecule has 4 aromatic rings. The van der Waals surface area contributed by atoms with Gasteiger partial charge in [0.05, 0.1) is 0 Å². The van der Waals surface area contributed by atoms with Gasteiger partial charge >= 0.3 is 119 Å². The first kappa shape index (κ1) is 90.9. The van der Waals surface area contributed by atoms with Gasteiger partial charge in [0, 0.05) is 48.2 Å². The fraction of sp³-hybridized carbons (Fsp3) is 0.576. The van der Waals surface area contributed by atoms with E-state index in [1.807, 2.05) is 0 Å². The van der Waals surface area contributed by atoms with Gasteiger partial charge in [0.2, 0.25) is 0 Å². The molecule has 2 atom stereocenters. The third kappa shape index (κ3) is 13.5. The number of halogens is 34. The van der Waals surface area contributed by atoms with E-state index in [1.165, 1.54) is 22.8 Å². The fourth-order valence-electron chi connectivity index (χ4n) is 11.4. The van der Waals surface area contributed by atoms with Gasteiger partial charge in [0.15, 0.2) is 0 Å². The minimum atomic E-state index is -8.93. The molecule has 2 aliphatic rings. The lowest BCUT2D eigenvalue weighted by atomic mass is 9.51. The van der Waals surface area contributed by atoms with Crippen LogP contribution in [0.3, 0.4) is 0 Å². The van der Waals surface area contributed by atoms with E-state index >= 15 is 9.59 Å². The number of benzene rings is 4. The second-order valence-electron chi connectivity index (χ2n) is 29.6. The molecule has 2 unspecified atom stereocenters. The average molecular weight is 1650 g/mol. The highest BCUT2D eigenvalue weighted by Gasteiger charge is 2.97. The molecule has 0 aliphatic carbocycles. The van der Waals surface area contributed by atoms with Crippen molar-refractivity contribution in [3.8, 4) is 23.0 Å². The Kier molecular flexibility index (Phi) is 22.2. The number of carbonyl (C=O) groups is 4. The van der Waals surface area contributed by atoms with E-state index in [-0.39, 0.29) is 33.8 Å². The number of ether oxygens (including phenoxy) is 4. The largest absolute Gasteiger partial charge is 0.460 e. The van der Waals surface area contributed by atoms with Crippen LogP contribution in [0, 0.1) is 0 Å². The van der Waals surface area contributed by atoms with Crippen LogP contribution in [0.1, 0.15) is 140 Å². The Morgan fingerprint density at radius 2 is 0.555 bits per heavy atom. The molecule has 0 bridgehead atoms. The lowest BCUT2D eigenvalue weighted by Crippen LogP contribution is -2.74. The Balaban J connectivity index is 1.48. The van der Waals surface area contributed by atoms with Gasteiger partial charge in [-0.15, -0.1) is 0 Å². The van der Waals surface area contributed by atoms with Crippen LogP contribution in [-0.2, 0) is 42.1 Å². The number of carbonyl (C=O) groups excluding carboxylic acids is 4. The predicted molar refractivity (Wildman–Crippen MR) is 312 cm³/mol. The molecular formula is C66H58F34N2O8. The third-order valence-corrected chi connectivity index (χ3v) is 17.9. The summed E-state index contributed by atoms with van der Waals surface area (Å²) in [6, 6.07) is 12.5. The van der Waals surface area contributed by atoms with Gasteiger partial charge in [-0.25, -0.2) is 9.59 Å². The van der Waals surface area contributed by atoms with Crippen LogP contribution in [0.4, 0.5) is 159 Å². The van der Waals surface area contributed by atoms with Crippen LogP contribution in [-0.4, -0.2) is 132 Å². The number of amides is 2. The molecule has 110 heavy (non-hydrogen) atoms. The second-order valence-corrected chi connectivity index (χ2v) is 29.6. The Morgan fingerprint density at radius 3 is 0.773 bits per heavy atom. The molecule has 4 aromatic carbocycles. The van der Waals surface area contributed by atoms with Crippen LogP contribution < -0.4 is 29.6 Å². The quantitative estimate of drug-likeness (QED) is 0.0427. The van der Waals surface area contributed by atoms with Gasteiger partial charge in [-0.3, -0.25) is 9.59 Å². The maximum absolute atomic E-state index is 16.1. The molecule has 6 rings (SSSR count). The molecule has 10 nitrogen and oxygen atoms in total. The Labute approximate surface area is 598 Å². The van der Waals surface area contributed by atoms with Crippen LogP contribution in [0.25, 0.3) is 0 Å². The Bertz CT molecular complexity index is 3910. The SMILES string of the molecule is CC(C)(C)c1cc(C(C)(C)C)c2c(c1)C(c1ccc(OC(=O)NCCC(F)(F)C(F)(F)C(F)(F)C(F)(F)C(F)(F)C(F)(F)C(F)(F)C(F)(F)F)cc1)(C1(c3ccc(OC(=O)NCCC(F)(F)C(F)(F)C(F)(F)C(F)(F)C(F)(F)C(F)(F)C(F)(F)C(F)(F)F)cc3)C(=O)Oc3c(C(C)(C)C)cc(C(C)(C)C)cc31)C(=O)O2. The molecular weight excluding hydrogens is 1590 g/mol. The van der Waals surface area contributed by atoms with Crippen molar-refractivity contribution in [1.29, 1.82) is 0 Å². The predicted octanol–water partition coefficient (Wildman–Crippen LogP) is 21.0. The number of hydrogen-bond donors (Lipinski definition) is 2. The minimum absolute atomic E-state index is 0.222. The Morgan fingerprint density at radius 1 is 0.327 bits per heavy atom. The van der Waals surface area contributed by atoms with Crippen LogP contribution >= 0.6 is 0 Å². The van der Waals surface area contributed by atoms with Crippen molar-refractivity contribution < 1.29 is 187 Å². The van der Waals surface area contributed by atoms with Crippen molar-refractivity contribution in [2.45, 2.75) is 224 Å². The second kappa shape index (κ2) is 26.8. The highest BCUT2D eigenvalue weighted by Crippen LogP contribution is 2.69. The van der Waals surface area contributed by atoms with Crippen molar-refractivity contribution in [3.63, 3.8) is 0 Å². The van der Waals surface area contributed by atoms with Gasteiger partial charge in [0.1, 0.15) is 33.8 Å². The first-order valence-electron chi connectivity index (χ1n) is 31.0. The van der Waals surface area contributed by atoms with E-state index in [0.29, 0.717) is 11.1 Å². The number of hydrogen-bond acceptors (Lipinski definition) is 8. The van der Waals surface area contributed by atoms with E-state index < -0.39 is 200 Å². The van der Waals surface area contributed by atoms with Gasteiger partial charge in [0.25, 0.3) is 0 Å². The lowest BCUT2D eigenvalue weighted by molar-refractivity contribution is -0.461. The summed E-state index contributed by atoms with van der Waals surface area (Å²) in [5.74, 6) is -123. The van der Waals surface area contributed by atoms with E-state index in [1.54, 1.807) is 95.2 Å². The summed E-state index contributed by atoms with van der Waals surface area (Å²) in [5.41, 5.74) is -10.0. The first-order valence-corrected chi connectivity index (χ1v) is 31.0. The van der Waals surface area contributed by atoms with E-state index in [0.717, 1.165) is 48.5 Å². The zero-order chi connectivity index (χ0) is 85.8. The van der Waals surface area contributed by atoms with Gasteiger partial charge in [-0.1, -0.05) is 119 Å². The summed E-state index contributed by atoms with van der Waals surface area (Å²) < 4.78 is 498. The normalized spacial score (nSPS) is 18.4. The van der Waals surface area contributed by atoms with Gasteiger partial charge in [-0.2, -0.15) is 149 Å². The van der Waals surface area contributed by atoms with Crippen molar-refractivity contribution >= 4 is 24.1 Å². The molecule has 0 radical (unpaired) electrons. The van der Waals surface area contributed by atoms with Gasteiger partial charge in [-0.05, 0) is 80.3 Å². The maximum Gasteiger partial charge on any atom is 0.460 e. The average Bonchev–Trinajstić information content (AvgIpc) is 1.47. The molecule has 0 aromatic heterocycles. The monoisotopic (exact) mass is 1650 g/mol. The molecule has 44 heteroatoms. The fourth-order valence-corrected chi connectivity index (χ4v) is 11.4. The molecule has 0 saturated heterocycles. The summed E-state index contributed by atoms with van der Waals surface area (Å²) in [7, 11) is 0. The van der Waals surface area contributed by atoms with E-state index in [9.17, 15) is 159 Å². The number of rotatable bonds is 23. The molecule has 0 fully saturated rings. The summed E-state index contributed by atoms with van der Waals surface area (Å²) >= 11 is 0. The van der Waals surface area contributed by atoms with Crippen LogP contribution in [0.5, 0.6) is 23.0 Å². The molecule has 0 spiro atoms. The van der Waals surface area contributed by atoms with Crippen LogP contribution in [0.15, 0.2) is 72.8 Å². The number of nitrogens with one attached hydrogen (secondary N) is 2. The van der Waals surface area contributed by atoms with Crippen molar-refractivity contribution in [2.75, 3.05) is 13.1 Å². The number of esters is 2. The minimum Gasteiger partial charge on any atom is -0.425 e. The summed E-state index contributed by atoms with van der Waals surface area (Å²) in [6.45, 7) is 15.4. The zero-order valence-corrected chi connectivity index (χ0v) is 57.9. The number of fused-ring (bicyclic) bond motifs is 2. The van der Waals surface area contributed by atoms with Crippen molar-refractivity contribution in [1.82, 2.24) is 10.6 Å². The van der Waals surface area contributed by atoms with Crippen molar-refractivity contribution in [2.24, 2.45) is 0 Å².